The summed E-state index contributed by atoms with van der Waals surface area (Å²) in [7, 11) is 0. The molecule has 1 aromatic heterocycles. The molecular weight excluding hydrogens is 265 g/mol. The number of nitrogens with one attached hydrogen (secondary N) is 2. The Balaban J connectivity index is 1.83. The summed E-state index contributed by atoms with van der Waals surface area (Å²) < 4.78 is 14.4. The van der Waals surface area contributed by atoms with Gasteiger partial charge >= 0.3 is 0 Å². The Kier molecular flexibility index (Phi) is 2.90. The highest BCUT2D eigenvalue weighted by molar-refractivity contribution is 6.00. The van der Waals surface area contributed by atoms with Gasteiger partial charge in [-0.3, -0.25) is 14.9 Å². The van der Waals surface area contributed by atoms with Crippen molar-refractivity contribution in [3.05, 3.63) is 36.4 Å². The summed E-state index contributed by atoms with van der Waals surface area (Å²) in [6.45, 7) is 0. The smallest absolute Gasteiger partial charge is 0.249 e. The summed E-state index contributed by atoms with van der Waals surface area (Å²) in [4.78, 5) is 27.5. The van der Waals surface area contributed by atoms with E-state index in [0.29, 0.717) is 5.69 Å². The van der Waals surface area contributed by atoms with Crippen LogP contribution in [0.4, 0.5) is 16.0 Å². The van der Waals surface area contributed by atoms with Crippen molar-refractivity contribution in [2.24, 2.45) is 0 Å². The molecule has 3 rings (SSSR count). The predicted octanol–water partition coefficient (Wildman–Crippen LogP) is 0.939. The zero-order valence-electron chi connectivity index (χ0n) is 10.2. The van der Waals surface area contributed by atoms with Crippen molar-refractivity contribution >= 4 is 23.5 Å². The van der Waals surface area contributed by atoms with Crippen LogP contribution < -0.4 is 10.6 Å². The highest BCUT2D eigenvalue weighted by atomic mass is 19.1. The molecule has 1 atom stereocenters. The lowest BCUT2D eigenvalue weighted by Crippen LogP contribution is -2.36. The number of halogens is 1. The Morgan fingerprint density at radius 1 is 1.50 bits per heavy atom. The molecule has 7 nitrogen and oxygen atoms in total. The average Bonchev–Trinajstić information content (AvgIpc) is 2.85. The van der Waals surface area contributed by atoms with Gasteiger partial charge in [0.1, 0.15) is 18.2 Å². The van der Waals surface area contributed by atoms with Crippen LogP contribution >= 0.6 is 0 Å². The van der Waals surface area contributed by atoms with Gasteiger partial charge in [0, 0.05) is 5.69 Å². The first-order chi connectivity index (χ1) is 9.63. The monoisotopic (exact) mass is 275 g/mol. The quantitative estimate of drug-likeness (QED) is 0.853. The third-order valence-electron chi connectivity index (χ3n) is 2.89. The lowest BCUT2D eigenvalue weighted by Gasteiger charge is -2.22. The van der Waals surface area contributed by atoms with Gasteiger partial charge in [-0.25, -0.2) is 9.07 Å². The largest absolute Gasteiger partial charge is 0.324 e. The fourth-order valence-electron chi connectivity index (χ4n) is 2.00. The number of hydrogen-bond donors (Lipinski definition) is 2. The van der Waals surface area contributed by atoms with Crippen molar-refractivity contribution in [3.63, 3.8) is 0 Å². The lowest BCUT2D eigenvalue weighted by molar-refractivity contribution is -0.125. The molecule has 0 saturated heterocycles. The molecule has 0 aliphatic carbocycles. The molecule has 2 aromatic rings. The number of fused-ring (bicyclic) bond motifs is 1. The molecule has 0 spiro atoms. The van der Waals surface area contributed by atoms with Crippen LogP contribution in [0.5, 0.6) is 0 Å². The minimum Gasteiger partial charge on any atom is -0.324 e. The Morgan fingerprint density at radius 2 is 2.35 bits per heavy atom. The minimum atomic E-state index is -0.801. The number of nitrogens with zero attached hydrogens (tertiary/aromatic N) is 3. The zero-order valence-corrected chi connectivity index (χ0v) is 10.2. The molecule has 1 aromatic carbocycles. The van der Waals surface area contributed by atoms with Gasteiger partial charge in [0.05, 0.1) is 6.42 Å². The van der Waals surface area contributed by atoms with E-state index in [2.05, 4.69) is 20.7 Å². The number of benzene rings is 1. The van der Waals surface area contributed by atoms with Gasteiger partial charge in [0.15, 0.2) is 0 Å². The molecule has 0 unspecified atom stereocenters. The van der Waals surface area contributed by atoms with Gasteiger partial charge in [-0.15, -0.1) is 0 Å². The summed E-state index contributed by atoms with van der Waals surface area (Å²) >= 11 is 0. The van der Waals surface area contributed by atoms with Gasteiger partial charge in [0.25, 0.3) is 0 Å². The molecule has 20 heavy (non-hydrogen) atoms. The molecule has 0 bridgehead atoms. The van der Waals surface area contributed by atoms with Crippen molar-refractivity contribution in [1.29, 1.82) is 0 Å². The van der Waals surface area contributed by atoms with Crippen LogP contribution in [0.3, 0.4) is 0 Å². The third-order valence-corrected chi connectivity index (χ3v) is 2.89. The molecule has 0 radical (unpaired) electrons. The summed E-state index contributed by atoms with van der Waals surface area (Å²) in [5.41, 5.74) is 0.322. The van der Waals surface area contributed by atoms with Gasteiger partial charge in [0.2, 0.25) is 17.8 Å². The number of anilines is 2. The van der Waals surface area contributed by atoms with Crippen molar-refractivity contribution in [1.82, 2.24) is 14.8 Å². The second kappa shape index (κ2) is 4.72. The van der Waals surface area contributed by atoms with Crippen molar-refractivity contribution < 1.29 is 14.0 Å². The van der Waals surface area contributed by atoms with E-state index in [0.717, 1.165) is 0 Å². The van der Waals surface area contributed by atoms with E-state index >= 15 is 0 Å². The topological polar surface area (TPSA) is 88.9 Å². The molecule has 2 heterocycles. The molecular formula is C12H10FN5O2. The van der Waals surface area contributed by atoms with E-state index in [-0.39, 0.29) is 18.3 Å². The molecule has 102 valence electrons. The standard InChI is InChI=1S/C12H10FN5O2/c13-7-2-1-3-8(4-7)16-11(20)9-5-10(19)17-12-14-6-15-18(9)12/h1-4,6,9H,5H2,(H,16,20)(H,14,15,17,19)/t9-/m0/s1. The van der Waals surface area contributed by atoms with E-state index in [1.165, 1.54) is 29.2 Å². The van der Waals surface area contributed by atoms with Crippen LogP contribution in [-0.2, 0) is 9.59 Å². The summed E-state index contributed by atoms with van der Waals surface area (Å²) in [6, 6.07) is 4.72. The van der Waals surface area contributed by atoms with Crippen molar-refractivity contribution in [2.45, 2.75) is 12.5 Å². The van der Waals surface area contributed by atoms with Crippen LogP contribution in [0.1, 0.15) is 12.5 Å². The summed E-state index contributed by atoms with van der Waals surface area (Å²) in [5.74, 6) is -0.992. The lowest BCUT2D eigenvalue weighted by atomic mass is 10.1. The van der Waals surface area contributed by atoms with E-state index < -0.39 is 17.8 Å². The van der Waals surface area contributed by atoms with E-state index in [9.17, 15) is 14.0 Å². The fourth-order valence-corrected chi connectivity index (χ4v) is 2.00. The molecule has 8 heteroatoms. The number of carbonyl (C=O) groups excluding carboxylic acids is 2. The number of aromatic nitrogens is 3. The highest BCUT2D eigenvalue weighted by Crippen LogP contribution is 2.23. The fraction of sp³-hybridized carbons (Fsp3) is 0.167. The first-order valence-electron chi connectivity index (χ1n) is 5.89. The van der Waals surface area contributed by atoms with Crippen LogP contribution in [0.15, 0.2) is 30.6 Å². The Hall–Kier alpha value is -2.77. The molecule has 0 saturated carbocycles. The third kappa shape index (κ3) is 2.22. The maximum absolute atomic E-state index is 13.1. The highest BCUT2D eigenvalue weighted by Gasteiger charge is 2.31. The molecule has 0 fully saturated rings. The van der Waals surface area contributed by atoms with Crippen LogP contribution in [0.25, 0.3) is 0 Å². The van der Waals surface area contributed by atoms with Crippen LogP contribution in [0, 0.1) is 5.82 Å². The SMILES string of the molecule is O=C1C[C@@H](C(=O)Nc2cccc(F)c2)n2ncnc2N1. The number of rotatable bonds is 2. The van der Waals surface area contributed by atoms with Crippen LogP contribution in [0.2, 0.25) is 0 Å². The minimum absolute atomic E-state index is 0.0441. The number of hydrogen-bond acceptors (Lipinski definition) is 4. The van der Waals surface area contributed by atoms with Gasteiger partial charge < -0.3 is 5.32 Å². The predicted molar refractivity (Wildman–Crippen MR) is 67.3 cm³/mol. The van der Waals surface area contributed by atoms with Crippen molar-refractivity contribution in [2.75, 3.05) is 10.6 Å². The Labute approximate surface area is 112 Å². The van der Waals surface area contributed by atoms with Crippen molar-refractivity contribution in [3.8, 4) is 0 Å². The summed E-state index contributed by atoms with van der Waals surface area (Å²) in [5, 5.41) is 8.97. The normalized spacial score (nSPS) is 17.2. The maximum atomic E-state index is 13.1. The van der Waals surface area contributed by atoms with E-state index in [1.54, 1.807) is 6.07 Å². The maximum Gasteiger partial charge on any atom is 0.249 e. The average molecular weight is 275 g/mol. The molecule has 2 N–H and O–H groups in total. The first kappa shape index (κ1) is 12.3. The molecule has 1 aliphatic heterocycles. The van der Waals surface area contributed by atoms with Gasteiger partial charge in [-0.1, -0.05) is 6.07 Å². The number of amides is 2. The zero-order chi connectivity index (χ0) is 14.1. The number of carbonyl (C=O) groups is 2. The first-order valence-corrected chi connectivity index (χ1v) is 5.89. The summed E-state index contributed by atoms with van der Waals surface area (Å²) in [6.07, 6.45) is 1.21. The molecule has 1 aliphatic rings. The van der Waals surface area contributed by atoms with Gasteiger partial charge in [-0.05, 0) is 18.2 Å². The Bertz CT molecular complexity index is 684. The van der Waals surface area contributed by atoms with E-state index in [4.69, 9.17) is 0 Å². The second-order valence-corrected chi connectivity index (χ2v) is 4.30. The Morgan fingerprint density at radius 3 is 3.15 bits per heavy atom. The van der Waals surface area contributed by atoms with Crippen LogP contribution in [-0.4, -0.2) is 26.6 Å². The molecule has 2 amide bonds. The second-order valence-electron chi connectivity index (χ2n) is 4.30. The van der Waals surface area contributed by atoms with E-state index in [1.807, 2.05) is 0 Å². The van der Waals surface area contributed by atoms with Gasteiger partial charge in [-0.2, -0.15) is 10.1 Å².